The van der Waals surface area contributed by atoms with E-state index >= 15 is 0 Å². The molecule has 0 fully saturated rings. The van der Waals surface area contributed by atoms with Crippen molar-refractivity contribution in [1.29, 1.82) is 0 Å². The van der Waals surface area contributed by atoms with Crippen LogP contribution < -0.4 is 11.1 Å². The number of anilines is 1. The number of nitrogens with zero attached hydrogens (tertiary/aromatic N) is 1. The molecule has 3 aromatic rings. The second-order valence-electron chi connectivity index (χ2n) is 5.27. The summed E-state index contributed by atoms with van der Waals surface area (Å²) in [5.41, 5.74) is 7.25. The van der Waals surface area contributed by atoms with Gasteiger partial charge in [-0.25, -0.2) is 14.6 Å². The van der Waals surface area contributed by atoms with Gasteiger partial charge >= 0.3 is 12.0 Å². The Kier molecular flexibility index (Phi) is 5.50. The first-order valence-corrected chi connectivity index (χ1v) is 8.81. The first kappa shape index (κ1) is 17.9. The van der Waals surface area contributed by atoms with Crippen LogP contribution >= 0.6 is 22.9 Å². The minimum Gasteiger partial charge on any atom is -0.456 e. The highest BCUT2D eigenvalue weighted by atomic mass is 35.5. The number of nitrogens with one attached hydrogen (secondary N) is 1. The van der Waals surface area contributed by atoms with E-state index in [1.54, 1.807) is 24.3 Å². The van der Waals surface area contributed by atoms with Crippen molar-refractivity contribution in [1.82, 2.24) is 4.98 Å². The van der Waals surface area contributed by atoms with Crippen LogP contribution in [0.2, 0.25) is 5.02 Å². The zero-order valence-electron chi connectivity index (χ0n) is 13.4. The van der Waals surface area contributed by atoms with Crippen LogP contribution in [0.25, 0.3) is 10.6 Å². The van der Waals surface area contributed by atoms with Crippen molar-refractivity contribution in [2.75, 3.05) is 5.32 Å². The van der Waals surface area contributed by atoms with Crippen LogP contribution in [-0.4, -0.2) is 17.0 Å². The number of carbonyl (C=O) groups is 2. The molecule has 2 aromatic carbocycles. The molecule has 2 amide bonds. The number of hydrogen-bond donors (Lipinski definition) is 2. The maximum absolute atomic E-state index is 12.2. The van der Waals surface area contributed by atoms with Crippen LogP contribution in [0.15, 0.2) is 53.9 Å². The summed E-state index contributed by atoms with van der Waals surface area (Å²) in [6, 6.07) is 13.0. The van der Waals surface area contributed by atoms with Crippen LogP contribution in [-0.2, 0) is 11.3 Å². The summed E-state index contributed by atoms with van der Waals surface area (Å²) in [6.45, 7) is 0.0350. The van der Waals surface area contributed by atoms with Gasteiger partial charge < -0.3 is 15.8 Å². The Labute approximate surface area is 158 Å². The van der Waals surface area contributed by atoms with Gasteiger partial charge in [0.05, 0.1) is 16.3 Å². The normalized spacial score (nSPS) is 10.3. The molecule has 0 unspecified atom stereocenters. The average molecular weight is 388 g/mol. The van der Waals surface area contributed by atoms with E-state index < -0.39 is 12.0 Å². The fourth-order valence-corrected chi connectivity index (χ4v) is 3.35. The summed E-state index contributed by atoms with van der Waals surface area (Å²) in [7, 11) is 0. The molecule has 8 heteroatoms. The van der Waals surface area contributed by atoms with Crippen LogP contribution in [0.4, 0.5) is 10.5 Å². The van der Waals surface area contributed by atoms with Crippen molar-refractivity contribution in [3.8, 4) is 10.6 Å². The first-order chi connectivity index (χ1) is 12.5. The van der Waals surface area contributed by atoms with Crippen molar-refractivity contribution < 1.29 is 14.3 Å². The van der Waals surface area contributed by atoms with Crippen LogP contribution in [0.3, 0.4) is 0 Å². The third kappa shape index (κ3) is 4.38. The molecule has 0 spiro atoms. The number of primary amides is 1. The summed E-state index contributed by atoms with van der Waals surface area (Å²) < 4.78 is 5.28. The molecule has 26 heavy (non-hydrogen) atoms. The average Bonchev–Trinajstić information content (AvgIpc) is 3.08. The lowest BCUT2D eigenvalue weighted by Crippen LogP contribution is -2.19. The van der Waals surface area contributed by atoms with E-state index in [9.17, 15) is 9.59 Å². The van der Waals surface area contributed by atoms with Crippen molar-refractivity contribution in [3.05, 3.63) is 70.2 Å². The molecule has 0 atom stereocenters. The maximum Gasteiger partial charge on any atom is 0.338 e. The number of urea groups is 1. The van der Waals surface area contributed by atoms with Crippen LogP contribution in [0.5, 0.6) is 0 Å². The third-order valence-electron chi connectivity index (χ3n) is 3.37. The summed E-state index contributed by atoms with van der Waals surface area (Å²) >= 11 is 7.59. The molecule has 0 saturated heterocycles. The zero-order chi connectivity index (χ0) is 18.5. The van der Waals surface area contributed by atoms with E-state index in [1.165, 1.54) is 17.4 Å². The van der Waals surface area contributed by atoms with Gasteiger partial charge in [0.25, 0.3) is 0 Å². The molecule has 1 aromatic heterocycles. The molecule has 0 aliphatic carbocycles. The predicted octanol–water partition coefficient (Wildman–Crippen LogP) is 4.31. The Bertz CT molecular complexity index is 958. The van der Waals surface area contributed by atoms with E-state index in [1.807, 2.05) is 23.6 Å². The molecular weight excluding hydrogens is 374 g/mol. The molecule has 0 aliphatic rings. The number of amides is 2. The quantitative estimate of drug-likeness (QED) is 0.637. The highest BCUT2D eigenvalue weighted by Crippen LogP contribution is 2.30. The van der Waals surface area contributed by atoms with Crippen molar-refractivity contribution in [3.63, 3.8) is 0 Å². The SMILES string of the molecule is NC(=O)Nc1cccc(C(=O)OCc2csc(-c3ccccc3Cl)n2)c1. The number of rotatable bonds is 5. The molecule has 3 N–H and O–H groups in total. The highest BCUT2D eigenvalue weighted by Gasteiger charge is 2.12. The number of thiazole rings is 1. The van der Waals surface area contributed by atoms with Crippen molar-refractivity contribution in [2.45, 2.75) is 6.61 Å². The minimum absolute atomic E-state index is 0.0350. The Balaban J connectivity index is 1.65. The maximum atomic E-state index is 12.2. The summed E-state index contributed by atoms with van der Waals surface area (Å²) in [4.78, 5) is 27.5. The van der Waals surface area contributed by atoms with Crippen molar-refractivity contribution in [2.24, 2.45) is 5.73 Å². The third-order valence-corrected chi connectivity index (χ3v) is 4.63. The minimum atomic E-state index is -0.704. The predicted molar refractivity (Wildman–Crippen MR) is 101 cm³/mol. The standard InChI is InChI=1S/C18H14ClN3O3S/c19-15-7-2-1-6-14(15)16-21-13(10-26-16)9-25-17(23)11-4-3-5-12(8-11)22-18(20)24/h1-8,10H,9H2,(H3,20,22,24). The van der Waals surface area contributed by atoms with Gasteiger partial charge in [0.1, 0.15) is 11.6 Å². The first-order valence-electron chi connectivity index (χ1n) is 7.56. The number of ether oxygens (including phenoxy) is 1. The lowest BCUT2D eigenvalue weighted by atomic mass is 10.2. The van der Waals surface area contributed by atoms with Crippen molar-refractivity contribution >= 4 is 40.6 Å². The number of carbonyl (C=O) groups excluding carboxylic acids is 2. The van der Waals surface area contributed by atoms with E-state index in [0.717, 1.165) is 10.6 Å². The van der Waals surface area contributed by atoms with E-state index in [-0.39, 0.29) is 6.61 Å². The van der Waals surface area contributed by atoms with Gasteiger partial charge in [-0.05, 0) is 24.3 Å². The molecule has 3 rings (SSSR count). The smallest absolute Gasteiger partial charge is 0.338 e. The number of nitrogens with two attached hydrogens (primary N) is 1. The van der Waals surface area contributed by atoms with Gasteiger partial charge in [-0.15, -0.1) is 11.3 Å². The molecule has 0 saturated carbocycles. The zero-order valence-corrected chi connectivity index (χ0v) is 15.0. The molecule has 0 bridgehead atoms. The fourth-order valence-electron chi connectivity index (χ4n) is 2.22. The second-order valence-corrected chi connectivity index (χ2v) is 6.54. The number of benzene rings is 2. The molecule has 0 aliphatic heterocycles. The van der Waals surface area contributed by atoms with E-state index in [4.69, 9.17) is 22.1 Å². The number of hydrogen-bond acceptors (Lipinski definition) is 5. The second kappa shape index (κ2) is 7.99. The number of aromatic nitrogens is 1. The van der Waals surface area contributed by atoms with Gasteiger partial charge in [0.2, 0.25) is 0 Å². The Morgan fingerprint density at radius 1 is 1.19 bits per heavy atom. The lowest BCUT2D eigenvalue weighted by Gasteiger charge is -2.06. The Morgan fingerprint density at radius 3 is 2.77 bits per heavy atom. The fraction of sp³-hybridized carbons (Fsp3) is 0.0556. The highest BCUT2D eigenvalue weighted by molar-refractivity contribution is 7.13. The monoisotopic (exact) mass is 387 g/mol. The van der Waals surface area contributed by atoms with E-state index in [2.05, 4.69) is 10.3 Å². The van der Waals surface area contributed by atoms with Crippen LogP contribution in [0.1, 0.15) is 16.1 Å². The Morgan fingerprint density at radius 2 is 2.00 bits per heavy atom. The number of halogens is 1. The molecule has 6 nitrogen and oxygen atoms in total. The van der Waals surface area contributed by atoms with Crippen LogP contribution in [0, 0.1) is 0 Å². The lowest BCUT2D eigenvalue weighted by molar-refractivity contribution is 0.0468. The van der Waals surface area contributed by atoms with Gasteiger partial charge in [0, 0.05) is 16.6 Å². The molecule has 132 valence electrons. The summed E-state index contributed by atoms with van der Waals surface area (Å²) in [5.74, 6) is -0.523. The summed E-state index contributed by atoms with van der Waals surface area (Å²) in [5, 5.41) is 5.60. The number of esters is 1. The van der Waals surface area contributed by atoms with Gasteiger partial charge in [-0.3, -0.25) is 0 Å². The largest absolute Gasteiger partial charge is 0.456 e. The van der Waals surface area contributed by atoms with Gasteiger partial charge in [-0.1, -0.05) is 35.9 Å². The van der Waals surface area contributed by atoms with E-state index in [0.29, 0.717) is 22.0 Å². The summed E-state index contributed by atoms with van der Waals surface area (Å²) in [6.07, 6.45) is 0. The topological polar surface area (TPSA) is 94.3 Å². The molecule has 0 radical (unpaired) electrons. The molecule has 1 heterocycles. The molecular formula is C18H14ClN3O3S. The van der Waals surface area contributed by atoms with Gasteiger partial charge in [-0.2, -0.15) is 0 Å². The Hall–Kier alpha value is -2.90. The van der Waals surface area contributed by atoms with Gasteiger partial charge in [0.15, 0.2) is 0 Å².